The third kappa shape index (κ3) is 2.82. The van der Waals surface area contributed by atoms with Gasteiger partial charge in [-0.25, -0.2) is 4.79 Å². The highest BCUT2D eigenvalue weighted by molar-refractivity contribution is 5.89. The maximum absolute atomic E-state index is 12.1. The zero-order valence-electron chi connectivity index (χ0n) is 12.5. The van der Waals surface area contributed by atoms with Crippen LogP contribution in [0.4, 0.5) is 10.5 Å². The molecule has 0 saturated heterocycles. The van der Waals surface area contributed by atoms with Crippen molar-refractivity contribution in [3.8, 4) is 0 Å². The van der Waals surface area contributed by atoms with E-state index in [4.69, 9.17) is 0 Å². The minimum atomic E-state index is -0.256. The molecule has 2 saturated carbocycles. The van der Waals surface area contributed by atoms with Crippen molar-refractivity contribution in [1.29, 1.82) is 0 Å². The molecule has 1 aromatic heterocycles. The van der Waals surface area contributed by atoms with Crippen LogP contribution in [0.3, 0.4) is 0 Å². The third-order valence-electron chi connectivity index (χ3n) is 4.95. The number of aryl methyl sites for hydroxylation is 1. The lowest BCUT2D eigenvalue weighted by molar-refractivity contribution is 0.247. The fourth-order valence-corrected chi connectivity index (χ4v) is 3.56. The molecular formula is C16H23N3O2. The minimum absolute atomic E-state index is 0.154. The van der Waals surface area contributed by atoms with Gasteiger partial charge in [0.05, 0.1) is 0 Å². The van der Waals surface area contributed by atoms with Crippen LogP contribution in [0, 0.1) is 5.41 Å². The highest BCUT2D eigenvalue weighted by Gasteiger charge is 2.54. The second-order valence-electron chi connectivity index (χ2n) is 6.29. The van der Waals surface area contributed by atoms with Crippen molar-refractivity contribution in [1.82, 2.24) is 9.88 Å². The van der Waals surface area contributed by atoms with Gasteiger partial charge in [-0.15, -0.1) is 0 Å². The highest BCUT2D eigenvalue weighted by Crippen LogP contribution is 2.56. The predicted molar refractivity (Wildman–Crippen MR) is 82.5 cm³/mol. The van der Waals surface area contributed by atoms with Crippen LogP contribution >= 0.6 is 0 Å². The Labute approximate surface area is 124 Å². The Morgan fingerprint density at radius 3 is 2.86 bits per heavy atom. The lowest BCUT2D eigenvalue weighted by Gasteiger charge is -2.22. The summed E-state index contributed by atoms with van der Waals surface area (Å²) in [7, 11) is 0. The average Bonchev–Trinajstić information content (AvgIpc) is 3.13. The van der Waals surface area contributed by atoms with Gasteiger partial charge in [0.25, 0.3) is 5.56 Å². The molecule has 0 aliphatic heterocycles. The van der Waals surface area contributed by atoms with Gasteiger partial charge in [0, 0.05) is 18.8 Å². The van der Waals surface area contributed by atoms with Crippen LogP contribution in [-0.4, -0.2) is 16.6 Å². The molecule has 21 heavy (non-hydrogen) atoms. The van der Waals surface area contributed by atoms with Crippen LogP contribution < -0.4 is 16.2 Å². The Hall–Kier alpha value is -1.78. The molecule has 114 valence electrons. The van der Waals surface area contributed by atoms with Crippen LogP contribution in [0.2, 0.25) is 0 Å². The van der Waals surface area contributed by atoms with Crippen molar-refractivity contribution in [2.45, 2.75) is 58.0 Å². The molecule has 2 aliphatic carbocycles. The first-order valence-corrected chi connectivity index (χ1v) is 7.91. The molecule has 2 amide bonds. The Morgan fingerprint density at radius 2 is 2.14 bits per heavy atom. The SMILES string of the molecule is CCn1cccc(NC(=O)NC2CC23CCCCC3)c1=O. The summed E-state index contributed by atoms with van der Waals surface area (Å²) in [6.07, 6.45) is 9.15. The van der Waals surface area contributed by atoms with Crippen molar-refractivity contribution in [3.63, 3.8) is 0 Å². The zero-order chi connectivity index (χ0) is 14.9. The van der Waals surface area contributed by atoms with Gasteiger partial charge in [0.15, 0.2) is 0 Å². The van der Waals surface area contributed by atoms with Gasteiger partial charge in [-0.2, -0.15) is 0 Å². The first-order chi connectivity index (χ1) is 10.1. The van der Waals surface area contributed by atoms with E-state index in [0.29, 0.717) is 17.6 Å². The standard InChI is InChI=1S/C16H23N3O2/c1-2-19-10-6-7-12(14(19)20)17-15(21)18-13-11-16(13)8-4-3-5-9-16/h6-7,10,13H,2-5,8-9,11H2,1H3,(H2,17,18,21). The smallest absolute Gasteiger partial charge is 0.319 e. The van der Waals surface area contributed by atoms with Crippen molar-refractivity contribution < 1.29 is 4.79 Å². The summed E-state index contributed by atoms with van der Waals surface area (Å²) >= 11 is 0. The number of hydrogen-bond donors (Lipinski definition) is 2. The van der Waals surface area contributed by atoms with E-state index in [-0.39, 0.29) is 17.6 Å². The Kier molecular flexibility index (Phi) is 3.74. The minimum Gasteiger partial charge on any atom is -0.335 e. The van der Waals surface area contributed by atoms with Gasteiger partial charge < -0.3 is 15.2 Å². The number of carbonyl (C=O) groups is 1. The summed E-state index contributed by atoms with van der Waals surface area (Å²) in [6, 6.07) is 3.46. The van der Waals surface area contributed by atoms with Crippen LogP contribution in [0.5, 0.6) is 0 Å². The van der Waals surface area contributed by atoms with E-state index in [0.717, 1.165) is 6.42 Å². The number of nitrogens with zero attached hydrogens (tertiary/aromatic N) is 1. The largest absolute Gasteiger partial charge is 0.335 e. The summed E-state index contributed by atoms with van der Waals surface area (Å²) in [4.78, 5) is 24.1. The number of rotatable bonds is 3. The summed E-state index contributed by atoms with van der Waals surface area (Å²) < 4.78 is 1.58. The summed E-state index contributed by atoms with van der Waals surface area (Å²) in [5, 5.41) is 5.72. The lowest BCUT2D eigenvalue weighted by Crippen LogP contribution is -2.36. The second-order valence-corrected chi connectivity index (χ2v) is 6.29. The zero-order valence-corrected chi connectivity index (χ0v) is 12.5. The van der Waals surface area contributed by atoms with Gasteiger partial charge in [0.2, 0.25) is 0 Å². The van der Waals surface area contributed by atoms with Crippen LogP contribution in [0.15, 0.2) is 23.1 Å². The molecule has 5 nitrogen and oxygen atoms in total. The van der Waals surface area contributed by atoms with E-state index < -0.39 is 0 Å². The van der Waals surface area contributed by atoms with Gasteiger partial charge in [-0.05, 0) is 43.7 Å². The molecule has 1 spiro atoms. The van der Waals surface area contributed by atoms with E-state index >= 15 is 0 Å². The van der Waals surface area contributed by atoms with E-state index in [2.05, 4.69) is 10.6 Å². The summed E-state index contributed by atoms with van der Waals surface area (Å²) in [6.45, 7) is 2.50. The van der Waals surface area contributed by atoms with E-state index in [1.807, 2.05) is 6.92 Å². The van der Waals surface area contributed by atoms with Gasteiger partial charge in [-0.3, -0.25) is 4.79 Å². The molecule has 2 aliphatic rings. The molecule has 1 aromatic rings. The topological polar surface area (TPSA) is 63.1 Å². The van der Waals surface area contributed by atoms with E-state index in [9.17, 15) is 9.59 Å². The molecule has 0 radical (unpaired) electrons. The molecular weight excluding hydrogens is 266 g/mol. The molecule has 1 unspecified atom stereocenters. The molecule has 0 bridgehead atoms. The maximum atomic E-state index is 12.1. The van der Waals surface area contributed by atoms with Crippen molar-refractivity contribution in [2.24, 2.45) is 5.41 Å². The molecule has 1 heterocycles. The summed E-state index contributed by atoms with van der Waals surface area (Å²) in [5.41, 5.74) is 0.545. The van der Waals surface area contributed by atoms with Crippen molar-refractivity contribution in [2.75, 3.05) is 5.32 Å². The summed E-state index contributed by atoms with van der Waals surface area (Å²) in [5.74, 6) is 0. The number of urea groups is 1. The third-order valence-corrected chi connectivity index (χ3v) is 4.95. The normalized spacial score (nSPS) is 22.8. The maximum Gasteiger partial charge on any atom is 0.319 e. The molecule has 0 aromatic carbocycles. The van der Waals surface area contributed by atoms with Gasteiger partial charge >= 0.3 is 6.03 Å². The molecule has 2 N–H and O–H groups in total. The average molecular weight is 289 g/mol. The van der Waals surface area contributed by atoms with Crippen molar-refractivity contribution in [3.05, 3.63) is 28.7 Å². The fourth-order valence-electron chi connectivity index (χ4n) is 3.56. The number of pyridine rings is 1. The quantitative estimate of drug-likeness (QED) is 0.898. The first kappa shape index (κ1) is 14.2. The number of carbonyl (C=O) groups excluding carboxylic acids is 1. The van der Waals surface area contributed by atoms with Crippen LogP contribution in [-0.2, 0) is 6.54 Å². The van der Waals surface area contributed by atoms with Gasteiger partial charge in [-0.1, -0.05) is 19.3 Å². The second kappa shape index (κ2) is 5.54. The first-order valence-electron chi connectivity index (χ1n) is 7.91. The molecule has 1 atom stereocenters. The number of aromatic nitrogens is 1. The number of amides is 2. The van der Waals surface area contributed by atoms with Crippen molar-refractivity contribution >= 4 is 11.7 Å². The molecule has 3 rings (SSSR count). The van der Waals surface area contributed by atoms with Crippen LogP contribution in [0.1, 0.15) is 45.4 Å². The molecule has 5 heteroatoms. The fraction of sp³-hybridized carbons (Fsp3) is 0.625. The Bertz CT molecular complexity index is 587. The Balaban J connectivity index is 1.59. The van der Waals surface area contributed by atoms with Crippen LogP contribution in [0.25, 0.3) is 0 Å². The highest BCUT2D eigenvalue weighted by atomic mass is 16.2. The lowest BCUT2D eigenvalue weighted by atomic mass is 9.86. The molecule has 2 fully saturated rings. The Morgan fingerprint density at radius 1 is 1.38 bits per heavy atom. The van der Waals surface area contributed by atoms with Gasteiger partial charge in [0.1, 0.15) is 5.69 Å². The predicted octanol–water partition coefficient (Wildman–Crippen LogP) is 2.71. The van der Waals surface area contributed by atoms with E-state index in [1.54, 1.807) is 22.9 Å². The number of hydrogen-bond acceptors (Lipinski definition) is 2. The number of anilines is 1. The van der Waals surface area contributed by atoms with E-state index in [1.165, 1.54) is 32.1 Å². The number of nitrogens with one attached hydrogen (secondary N) is 2. The monoisotopic (exact) mass is 289 g/mol.